The van der Waals surface area contributed by atoms with Crippen molar-refractivity contribution in [2.24, 2.45) is 0 Å². The maximum Gasteiger partial charge on any atom is 0.132 e. The molecule has 0 N–H and O–H groups in total. The zero-order valence-corrected chi connectivity index (χ0v) is 7.62. The van der Waals surface area contributed by atoms with Crippen molar-refractivity contribution >= 4 is 41.6 Å². The lowest BCUT2D eigenvalue weighted by Gasteiger charge is -1.90. The molecule has 1 aromatic rings. The number of carbonyl (C=O) groups excluding carboxylic acids is 1. The molecule has 0 radical (unpaired) electrons. The maximum atomic E-state index is 8.00. The van der Waals surface area contributed by atoms with Crippen LogP contribution < -0.4 is 0 Å². The molecular weight excluding hydrogens is 208 g/mol. The van der Waals surface area contributed by atoms with E-state index in [1.54, 1.807) is 0 Å². The molecule has 1 rings (SSSR count). The Balaban J connectivity index is 0.000000461. The van der Waals surface area contributed by atoms with Gasteiger partial charge in [0.2, 0.25) is 0 Å². The van der Waals surface area contributed by atoms with E-state index in [0.29, 0.717) is 15.3 Å². The van der Waals surface area contributed by atoms with E-state index in [4.69, 9.17) is 39.6 Å². The first-order valence-electron chi connectivity index (χ1n) is 2.46. The van der Waals surface area contributed by atoms with Crippen molar-refractivity contribution in [3.63, 3.8) is 0 Å². The van der Waals surface area contributed by atoms with Crippen LogP contribution in [0.1, 0.15) is 0 Å². The lowest BCUT2D eigenvalue weighted by atomic mass is 10.5. The van der Waals surface area contributed by atoms with E-state index < -0.39 is 0 Å². The summed E-state index contributed by atoms with van der Waals surface area (Å²) in [6.45, 7) is 2.00. The highest BCUT2D eigenvalue weighted by Crippen LogP contribution is 2.17. The summed E-state index contributed by atoms with van der Waals surface area (Å²) in [6, 6.07) is 3.05. The highest BCUT2D eigenvalue weighted by Gasteiger charge is 1.94. The highest BCUT2D eigenvalue weighted by atomic mass is 35.5. The van der Waals surface area contributed by atoms with Crippen LogP contribution in [0.5, 0.6) is 0 Å². The van der Waals surface area contributed by atoms with Crippen LogP contribution in [0.4, 0.5) is 0 Å². The minimum Gasteiger partial charge on any atom is -0.307 e. The smallest absolute Gasteiger partial charge is 0.132 e. The Bertz CT molecular complexity index is 191. The average Bonchev–Trinajstić information content (AvgIpc) is 1.88. The summed E-state index contributed by atoms with van der Waals surface area (Å²) >= 11 is 16.5. The monoisotopic (exact) mass is 211 g/mol. The normalized spacial score (nSPS) is 8.27. The Morgan fingerprint density at radius 3 is 1.73 bits per heavy atom. The molecule has 1 heterocycles. The molecule has 60 valence electrons. The Morgan fingerprint density at radius 2 is 1.45 bits per heavy atom. The second-order valence-electron chi connectivity index (χ2n) is 1.43. The SMILES string of the molecule is C=O.Clc1cc(Cl)nc(Cl)c1. The van der Waals surface area contributed by atoms with Gasteiger partial charge in [0, 0.05) is 5.02 Å². The molecule has 0 aliphatic rings. The molecule has 0 saturated heterocycles. The number of nitrogens with zero attached hydrogens (tertiary/aromatic N) is 1. The molecular formula is C6H4Cl3NO. The molecule has 0 aliphatic carbocycles. The fraction of sp³-hybridized carbons (Fsp3) is 0. The van der Waals surface area contributed by atoms with Crippen molar-refractivity contribution in [3.05, 3.63) is 27.5 Å². The zero-order chi connectivity index (χ0) is 8.85. The Morgan fingerprint density at radius 1 is 1.09 bits per heavy atom. The molecule has 1 aromatic heterocycles. The molecule has 0 atom stereocenters. The van der Waals surface area contributed by atoms with E-state index in [1.807, 2.05) is 6.79 Å². The fourth-order valence-corrected chi connectivity index (χ4v) is 1.21. The summed E-state index contributed by atoms with van der Waals surface area (Å²) in [4.78, 5) is 11.7. The lowest BCUT2D eigenvalue weighted by molar-refractivity contribution is -0.0979. The second-order valence-corrected chi connectivity index (χ2v) is 2.64. The highest BCUT2D eigenvalue weighted by molar-refractivity contribution is 6.36. The third kappa shape index (κ3) is 4.19. The number of pyridine rings is 1. The van der Waals surface area contributed by atoms with Crippen molar-refractivity contribution in [2.45, 2.75) is 0 Å². The lowest BCUT2D eigenvalue weighted by Crippen LogP contribution is -1.74. The van der Waals surface area contributed by atoms with Gasteiger partial charge in [0.1, 0.15) is 17.1 Å². The predicted molar refractivity (Wildman–Crippen MR) is 46.4 cm³/mol. The number of aromatic nitrogens is 1. The van der Waals surface area contributed by atoms with Crippen LogP contribution in [0.3, 0.4) is 0 Å². The van der Waals surface area contributed by atoms with Crippen molar-refractivity contribution in [2.75, 3.05) is 0 Å². The van der Waals surface area contributed by atoms with E-state index in [9.17, 15) is 0 Å². The summed E-state index contributed by atoms with van der Waals surface area (Å²) in [6.07, 6.45) is 0. The molecule has 0 aromatic carbocycles. The molecule has 0 spiro atoms. The van der Waals surface area contributed by atoms with E-state index >= 15 is 0 Å². The third-order valence-corrected chi connectivity index (χ3v) is 1.33. The summed E-state index contributed by atoms with van der Waals surface area (Å²) in [5, 5.41) is 1.13. The second kappa shape index (κ2) is 5.35. The Labute approximate surface area is 79.1 Å². The Kier molecular flexibility index (Phi) is 5.20. The summed E-state index contributed by atoms with van der Waals surface area (Å²) < 4.78 is 0. The van der Waals surface area contributed by atoms with Gasteiger partial charge in [-0.15, -0.1) is 0 Å². The van der Waals surface area contributed by atoms with Crippen LogP contribution in [-0.4, -0.2) is 11.8 Å². The number of rotatable bonds is 0. The third-order valence-electron chi connectivity index (χ3n) is 0.728. The minimum absolute atomic E-state index is 0.313. The van der Waals surface area contributed by atoms with Gasteiger partial charge in [-0.3, -0.25) is 0 Å². The molecule has 0 saturated carbocycles. The molecule has 0 bridgehead atoms. The summed E-state index contributed by atoms with van der Waals surface area (Å²) in [5.74, 6) is 0. The molecule has 2 nitrogen and oxygen atoms in total. The van der Waals surface area contributed by atoms with Gasteiger partial charge in [0.25, 0.3) is 0 Å². The quantitative estimate of drug-likeness (QED) is 0.619. The predicted octanol–water partition coefficient (Wildman–Crippen LogP) is 2.86. The van der Waals surface area contributed by atoms with Gasteiger partial charge < -0.3 is 4.79 Å². The maximum absolute atomic E-state index is 8.00. The topological polar surface area (TPSA) is 30.0 Å². The van der Waals surface area contributed by atoms with Crippen LogP contribution in [0.2, 0.25) is 15.3 Å². The van der Waals surface area contributed by atoms with Crippen LogP contribution in [-0.2, 0) is 4.79 Å². The van der Waals surface area contributed by atoms with Gasteiger partial charge in [-0.1, -0.05) is 34.8 Å². The molecule has 0 aliphatic heterocycles. The van der Waals surface area contributed by atoms with Crippen molar-refractivity contribution < 1.29 is 4.79 Å². The first-order valence-corrected chi connectivity index (χ1v) is 3.59. The minimum atomic E-state index is 0.313. The van der Waals surface area contributed by atoms with Gasteiger partial charge in [-0.2, -0.15) is 0 Å². The standard InChI is InChI=1S/C5H2Cl3N.CH2O/c6-3-1-4(7)9-5(8)2-3;1-2/h1-2H;1H2. The van der Waals surface area contributed by atoms with Gasteiger partial charge in [0.05, 0.1) is 0 Å². The van der Waals surface area contributed by atoms with Gasteiger partial charge in [0.15, 0.2) is 0 Å². The van der Waals surface area contributed by atoms with E-state index in [0.717, 1.165) is 0 Å². The van der Waals surface area contributed by atoms with E-state index in [1.165, 1.54) is 12.1 Å². The van der Waals surface area contributed by atoms with Crippen LogP contribution in [0.25, 0.3) is 0 Å². The molecule has 0 amide bonds. The molecule has 11 heavy (non-hydrogen) atoms. The van der Waals surface area contributed by atoms with E-state index in [2.05, 4.69) is 4.98 Å². The van der Waals surface area contributed by atoms with Crippen molar-refractivity contribution in [3.8, 4) is 0 Å². The van der Waals surface area contributed by atoms with E-state index in [-0.39, 0.29) is 0 Å². The van der Waals surface area contributed by atoms with Gasteiger partial charge >= 0.3 is 0 Å². The largest absolute Gasteiger partial charge is 0.307 e. The number of hydrogen-bond donors (Lipinski definition) is 0. The molecule has 0 fully saturated rings. The fourth-order valence-electron chi connectivity index (χ4n) is 0.436. The number of hydrogen-bond acceptors (Lipinski definition) is 2. The first-order chi connectivity index (χ1) is 5.18. The van der Waals surface area contributed by atoms with Crippen molar-refractivity contribution in [1.29, 1.82) is 0 Å². The van der Waals surface area contributed by atoms with Crippen LogP contribution in [0, 0.1) is 0 Å². The summed E-state index contributed by atoms with van der Waals surface area (Å²) in [5.41, 5.74) is 0. The van der Waals surface area contributed by atoms with Crippen LogP contribution >= 0.6 is 34.8 Å². The van der Waals surface area contributed by atoms with Crippen LogP contribution in [0.15, 0.2) is 12.1 Å². The first kappa shape index (κ1) is 10.7. The molecule has 5 heteroatoms. The average molecular weight is 212 g/mol. The van der Waals surface area contributed by atoms with Crippen molar-refractivity contribution in [1.82, 2.24) is 4.98 Å². The van der Waals surface area contributed by atoms with Gasteiger partial charge in [-0.05, 0) is 12.1 Å². The number of halogens is 3. The number of carbonyl (C=O) groups is 1. The Hall–Kier alpha value is -0.310. The zero-order valence-electron chi connectivity index (χ0n) is 5.35. The summed E-state index contributed by atoms with van der Waals surface area (Å²) in [7, 11) is 0. The van der Waals surface area contributed by atoms with Gasteiger partial charge in [-0.25, -0.2) is 4.98 Å². The molecule has 0 unspecified atom stereocenters.